The van der Waals surface area contributed by atoms with E-state index in [2.05, 4.69) is 0 Å². The number of sulfonamides is 1. The Balaban J connectivity index is 2.25. The van der Waals surface area contributed by atoms with E-state index in [1.807, 2.05) is 0 Å². The molecule has 0 saturated carbocycles. The minimum atomic E-state index is -3.85. The van der Waals surface area contributed by atoms with Crippen LogP contribution >= 0.6 is 0 Å². The standard InChI is InChI=1S/C15H15F2NO3S/c1-18(10-11-3-5-12(16)6-4-11)22(19,20)13-7-8-15(21-2)14(17)9-13/h3-9H,10H2,1-2H3. The summed E-state index contributed by atoms with van der Waals surface area (Å²) in [5.41, 5.74) is 0.626. The lowest BCUT2D eigenvalue weighted by molar-refractivity contribution is 0.385. The fourth-order valence-electron chi connectivity index (χ4n) is 1.92. The summed E-state index contributed by atoms with van der Waals surface area (Å²) in [6.07, 6.45) is 0. The van der Waals surface area contributed by atoms with Crippen molar-refractivity contribution in [2.75, 3.05) is 14.2 Å². The molecule has 22 heavy (non-hydrogen) atoms. The van der Waals surface area contributed by atoms with Gasteiger partial charge in [0.2, 0.25) is 10.0 Å². The van der Waals surface area contributed by atoms with Gasteiger partial charge in [-0.25, -0.2) is 17.2 Å². The number of nitrogens with zero attached hydrogens (tertiary/aromatic N) is 1. The van der Waals surface area contributed by atoms with E-state index < -0.39 is 21.7 Å². The number of benzene rings is 2. The molecule has 0 aliphatic carbocycles. The summed E-state index contributed by atoms with van der Waals surface area (Å²) in [7, 11) is -1.18. The first kappa shape index (κ1) is 16.4. The molecule has 0 bridgehead atoms. The summed E-state index contributed by atoms with van der Waals surface area (Å²) < 4.78 is 57.2. The average Bonchev–Trinajstić information content (AvgIpc) is 2.49. The third-order valence-corrected chi connectivity index (χ3v) is 4.95. The Morgan fingerprint density at radius 2 is 1.73 bits per heavy atom. The van der Waals surface area contributed by atoms with Crippen LogP contribution in [-0.4, -0.2) is 26.9 Å². The lowest BCUT2D eigenvalue weighted by Crippen LogP contribution is -2.26. The molecule has 0 unspecified atom stereocenters. The van der Waals surface area contributed by atoms with Crippen LogP contribution in [0.3, 0.4) is 0 Å². The van der Waals surface area contributed by atoms with Crippen molar-refractivity contribution in [1.29, 1.82) is 0 Å². The van der Waals surface area contributed by atoms with Gasteiger partial charge in [-0.2, -0.15) is 4.31 Å². The molecule has 0 radical (unpaired) electrons. The minimum Gasteiger partial charge on any atom is -0.494 e. The zero-order chi connectivity index (χ0) is 16.3. The van der Waals surface area contributed by atoms with E-state index in [1.165, 1.54) is 50.6 Å². The number of methoxy groups -OCH3 is 1. The van der Waals surface area contributed by atoms with E-state index >= 15 is 0 Å². The van der Waals surface area contributed by atoms with Crippen molar-refractivity contribution in [1.82, 2.24) is 4.31 Å². The fraction of sp³-hybridized carbons (Fsp3) is 0.200. The highest BCUT2D eigenvalue weighted by Crippen LogP contribution is 2.23. The highest BCUT2D eigenvalue weighted by atomic mass is 32.2. The first-order valence-electron chi connectivity index (χ1n) is 6.39. The predicted octanol–water partition coefficient (Wildman–Crippen LogP) is 2.79. The van der Waals surface area contributed by atoms with Crippen molar-refractivity contribution in [2.24, 2.45) is 0 Å². The molecule has 0 fully saturated rings. The van der Waals surface area contributed by atoms with E-state index in [4.69, 9.17) is 4.74 Å². The number of rotatable bonds is 5. The SMILES string of the molecule is COc1ccc(S(=O)(=O)N(C)Cc2ccc(F)cc2)cc1F. The third-order valence-electron chi connectivity index (χ3n) is 3.15. The summed E-state index contributed by atoms with van der Waals surface area (Å²) in [5.74, 6) is -1.18. The molecule has 0 aliphatic heterocycles. The van der Waals surface area contributed by atoms with Gasteiger partial charge in [0, 0.05) is 13.6 Å². The molecule has 0 amide bonds. The average molecular weight is 327 g/mol. The summed E-state index contributed by atoms with van der Waals surface area (Å²) in [5, 5.41) is 0. The van der Waals surface area contributed by atoms with E-state index in [0.29, 0.717) is 5.56 Å². The van der Waals surface area contributed by atoms with E-state index in [0.717, 1.165) is 10.4 Å². The summed E-state index contributed by atoms with van der Waals surface area (Å²) >= 11 is 0. The molecule has 0 aliphatic rings. The van der Waals surface area contributed by atoms with Crippen molar-refractivity contribution >= 4 is 10.0 Å². The van der Waals surface area contributed by atoms with Gasteiger partial charge in [0.05, 0.1) is 12.0 Å². The van der Waals surface area contributed by atoms with Gasteiger partial charge in [-0.15, -0.1) is 0 Å². The Bertz CT molecular complexity index is 761. The lowest BCUT2D eigenvalue weighted by Gasteiger charge is -2.17. The van der Waals surface area contributed by atoms with Crippen LogP contribution in [0.25, 0.3) is 0 Å². The molecule has 0 spiro atoms. The van der Waals surface area contributed by atoms with Crippen LogP contribution in [0.15, 0.2) is 47.4 Å². The zero-order valence-corrected chi connectivity index (χ0v) is 12.9. The van der Waals surface area contributed by atoms with Gasteiger partial charge in [0.15, 0.2) is 11.6 Å². The summed E-state index contributed by atoms with van der Waals surface area (Å²) in [4.78, 5) is -0.171. The van der Waals surface area contributed by atoms with Crippen LogP contribution < -0.4 is 4.74 Å². The molecule has 0 aromatic heterocycles. The second-order valence-electron chi connectivity index (χ2n) is 4.68. The molecule has 2 rings (SSSR count). The minimum absolute atomic E-state index is 0.0277. The van der Waals surface area contributed by atoms with Crippen molar-refractivity contribution in [2.45, 2.75) is 11.4 Å². The van der Waals surface area contributed by atoms with E-state index in [1.54, 1.807) is 0 Å². The summed E-state index contributed by atoms with van der Waals surface area (Å²) in [6, 6.07) is 8.94. The first-order chi connectivity index (χ1) is 10.3. The summed E-state index contributed by atoms with van der Waals surface area (Å²) in [6.45, 7) is 0.0518. The van der Waals surface area contributed by atoms with Crippen LogP contribution in [0.1, 0.15) is 5.56 Å². The lowest BCUT2D eigenvalue weighted by atomic mass is 10.2. The monoisotopic (exact) mass is 327 g/mol. The predicted molar refractivity (Wildman–Crippen MR) is 78.0 cm³/mol. The third kappa shape index (κ3) is 3.42. The topological polar surface area (TPSA) is 46.6 Å². The van der Waals surface area contributed by atoms with Gasteiger partial charge in [-0.3, -0.25) is 0 Å². The van der Waals surface area contributed by atoms with Gasteiger partial charge in [0.25, 0.3) is 0 Å². The fourth-order valence-corrected chi connectivity index (χ4v) is 3.09. The second kappa shape index (κ2) is 6.41. The van der Waals surface area contributed by atoms with E-state index in [9.17, 15) is 17.2 Å². The Morgan fingerprint density at radius 3 is 2.27 bits per heavy atom. The molecule has 118 valence electrons. The molecule has 0 heterocycles. The Labute approximate surface area is 128 Å². The quantitative estimate of drug-likeness (QED) is 0.848. The molecule has 0 N–H and O–H groups in total. The smallest absolute Gasteiger partial charge is 0.243 e. The van der Waals surface area contributed by atoms with Crippen LogP contribution in [0.2, 0.25) is 0 Å². The number of ether oxygens (including phenoxy) is 1. The van der Waals surface area contributed by atoms with Crippen molar-refractivity contribution in [3.63, 3.8) is 0 Å². The van der Waals surface area contributed by atoms with Gasteiger partial charge in [0.1, 0.15) is 5.82 Å². The molecule has 2 aromatic rings. The number of hydrogen-bond donors (Lipinski definition) is 0. The second-order valence-corrected chi connectivity index (χ2v) is 6.73. The van der Waals surface area contributed by atoms with E-state index in [-0.39, 0.29) is 17.2 Å². The molecular weight excluding hydrogens is 312 g/mol. The van der Waals surface area contributed by atoms with Crippen molar-refractivity contribution < 1.29 is 21.9 Å². The van der Waals surface area contributed by atoms with Crippen LogP contribution in [-0.2, 0) is 16.6 Å². The zero-order valence-electron chi connectivity index (χ0n) is 12.1. The van der Waals surface area contributed by atoms with Gasteiger partial charge >= 0.3 is 0 Å². The Kier molecular flexibility index (Phi) is 4.77. The van der Waals surface area contributed by atoms with Gasteiger partial charge < -0.3 is 4.74 Å². The number of hydrogen-bond acceptors (Lipinski definition) is 3. The van der Waals surface area contributed by atoms with Crippen LogP contribution in [0.5, 0.6) is 5.75 Å². The maximum Gasteiger partial charge on any atom is 0.243 e. The first-order valence-corrected chi connectivity index (χ1v) is 7.83. The van der Waals surface area contributed by atoms with Crippen LogP contribution in [0.4, 0.5) is 8.78 Å². The Morgan fingerprint density at radius 1 is 1.09 bits per heavy atom. The van der Waals surface area contributed by atoms with Crippen molar-refractivity contribution in [3.05, 3.63) is 59.7 Å². The van der Waals surface area contributed by atoms with Gasteiger partial charge in [-0.1, -0.05) is 12.1 Å². The maximum absolute atomic E-state index is 13.7. The molecule has 4 nitrogen and oxygen atoms in total. The molecular formula is C15H15F2NO3S. The van der Waals surface area contributed by atoms with Crippen molar-refractivity contribution in [3.8, 4) is 5.75 Å². The highest BCUT2D eigenvalue weighted by molar-refractivity contribution is 7.89. The van der Waals surface area contributed by atoms with Gasteiger partial charge in [-0.05, 0) is 35.9 Å². The molecule has 0 atom stereocenters. The normalized spacial score (nSPS) is 11.7. The molecule has 7 heteroatoms. The molecule has 0 saturated heterocycles. The Hall–Kier alpha value is -1.99. The number of halogens is 2. The highest BCUT2D eigenvalue weighted by Gasteiger charge is 2.22. The largest absolute Gasteiger partial charge is 0.494 e. The van der Waals surface area contributed by atoms with Crippen LogP contribution in [0, 0.1) is 11.6 Å². The molecule has 2 aromatic carbocycles. The maximum atomic E-state index is 13.7.